The molecule has 1 amide bonds. The van der Waals surface area contributed by atoms with Crippen molar-refractivity contribution in [1.82, 2.24) is 9.47 Å². The highest BCUT2D eigenvalue weighted by Crippen LogP contribution is 2.24. The summed E-state index contributed by atoms with van der Waals surface area (Å²) in [5.41, 5.74) is 1.20. The predicted molar refractivity (Wildman–Crippen MR) is 97.9 cm³/mol. The molecule has 1 saturated heterocycles. The fourth-order valence-electron chi connectivity index (χ4n) is 3.31. The van der Waals surface area contributed by atoms with Crippen LogP contribution in [0.3, 0.4) is 0 Å². The minimum Gasteiger partial charge on any atom is -0.393 e. The third kappa shape index (κ3) is 4.03. The number of benzene rings is 1. The second kappa shape index (κ2) is 7.85. The lowest BCUT2D eigenvalue weighted by Gasteiger charge is -2.42. The van der Waals surface area contributed by atoms with Crippen LogP contribution in [0.1, 0.15) is 11.1 Å². The number of hydrogen-bond donors (Lipinski definition) is 1. The molecule has 0 aliphatic carbocycles. The number of rotatable bonds is 5. The SMILES string of the molecule is Cc1ccccc1CC1(CO)CN(C(=O)Cn2ccccc2=O)CCO1. The zero-order valence-corrected chi connectivity index (χ0v) is 14.9. The summed E-state index contributed by atoms with van der Waals surface area (Å²) in [5.74, 6) is -0.149. The molecule has 1 aliphatic heterocycles. The first kappa shape index (κ1) is 18.4. The summed E-state index contributed by atoms with van der Waals surface area (Å²) in [6, 6.07) is 12.8. The van der Waals surface area contributed by atoms with Crippen molar-refractivity contribution < 1.29 is 14.6 Å². The van der Waals surface area contributed by atoms with E-state index in [4.69, 9.17) is 4.74 Å². The molecule has 0 radical (unpaired) electrons. The Labute approximate surface area is 152 Å². The number of ether oxygens (including phenoxy) is 1. The van der Waals surface area contributed by atoms with Gasteiger partial charge in [0.15, 0.2) is 0 Å². The number of morpholine rings is 1. The molecule has 1 atom stereocenters. The molecule has 0 spiro atoms. The van der Waals surface area contributed by atoms with Crippen LogP contribution >= 0.6 is 0 Å². The monoisotopic (exact) mass is 356 g/mol. The highest BCUT2D eigenvalue weighted by atomic mass is 16.5. The zero-order valence-electron chi connectivity index (χ0n) is 14.9. The van der Waals surface area contributed by atoms with Gasteiger partial charge in [-0.05, 0) is 24.1 Å². The second-order valence-electron chi connectivity index (χ2n) is 6.77. The molecule has 1 aromatic carbocycles. The maximum absolute atomic E-state index is 12.7. The molecular formula is C20H24N2O4. The molecule has 3 rings (SSSR count). The van der Waals surface area contributed by atoms with E-state index in [-0.39, 0.29) is 24.6 Å². The summed E-state index contributed by atoms with van der Waals surface area (Å²) < 4.78 is 7.30. The van der Waals surface area contributed by atoms with Crippen molar-refractivity contribution in [3.8, 4) is 0 Å². The van der Waals surface area contributed by atoms with Crippen LogP contribution in [0.15, 0.2) is 53.5 Å². The van der Waals surface area contributed by atoms with Crippen LogP contribution in [0.2, 0.25) is 0 Å². The third-order valence-corrected chi connectivity index (χ3v) is 4.87. The maximum Gasteiger partial charge on any atom is 0.250 e. The number of amides is 1. The van der Waals surface area contributed by atoms with Crippen molar-refractivity contribution >= 4 is 5.91 Å². The molecule has 1 N–H and O–H groups in total. The number of carbonyl (C=O) groups excluding carboxylic acids is 1. The van der Waals surface area contributed by atoms with Gasteiger partial charge in [0.1, 0.15) is 12.1 Å². The van der Waals surface area contributed by atoms with Crippen molar-refractivity contribution in [2.24, 2.45) is 0 Å². The Morgan fingerprint density at radius 1 is 1.23 bits per heavy atom. The van der Waals surface area contributed by atoms with Gasteiger partial charge in [0.25, 0.3) is 5.56 Å². The Kier molecular flexibility index (Phi) is 5.54. The molecule has 2 aromatic rings. The number of aliphatic hydroxyl groups excluding tert-OH is 1. The number of aliphatic hydroxyl groups is 1. The van der Waals surface area contributed by atoms with Crippen LogP contribution in [-0.2, 0) is 22.5 Å². The summed E-state index contributed by atoms with van der Waals surface area (Å²) in [6.07, 6.45) is 2.14. The van der Waals surface area contributed by atoms with E-state index in [2.05, 4.69) is 0 Å². The molecule has 1 unspecified atom stereocenters. The van der Waals surface area contributed by atoms with Crippen LogP contribution in [0.5, 0.6) is 0 Å². The first-order chi connectivity index (χ1) is 12.5. The smallest absolute Gasteiger partial charge is 0.250 e. The molecule has 0 saturated carbocycles. The predicted octanol–water partition coefficient (Wildman–Crippen LogP) is 0.989. The Hall–Kier alpha value is -2.44. The third-order valence-electron chi connectivity index (χ3n) is 4.87. The van der Waals surface area contributed by atoms with Gasteiger partial charge in [-0.15, -0.1) is 0 Å². The van der Waals surface area contributed by atoms with Gasteiger partial charge in [0.05, 0.1) is 19.8 Å². The van der Waals surface area contributed by atoms with Crippen molar-refractivity contribution in [2.75, 3.05) is 26.3 Å². The van der Waals surface area contributed by atoms with Crippen LogP contribution in [0.4, 0.5) is 0 Å². The first-order valence-corrected chi connectivity index (χ1v) is 8.76. The van der Waals surface area contributed by atoms with E-state index in [1.807, 2.05) is 31.2 Å². The highest BCUT2D eigenvalue weighted by Gasteiger charge is 2.38. The Bertz CT molecular complexity index is 832. The average Bonchev–Trinajstić information content (AvgIpc) is 2.66. The molecule has 138 valence electrons. The molecule has 26 heavy (non-hydrogen) atoms. The second-order valence-corrected chi connectivity index (χ2v) is 6.77. The summed E-state index contributed by atoms with van der Waals surface area (Å²) in [4.78, 5) is 26.2. The van der Waals surface area contributed by atoms with Gasteiger partial charge in [-0.2, -0.15) is 0 Å². The van der Waals surface area contributed by atoms with Crippen molar-refractivity contribution in [3.05, 3.63) is 70.1 Å². The minimum atomic E-state index is -0.818. The number of carbonyl (C=O) groups is 1. The van der Waals surface area contributed by atoms with Gasteiger partial charge in [-0.1, -0.05) is 30.3 Å². The van der Waals surface area contributed by atoms with E-state index in [1.54, 1.807) is 23.2 Å². The van der Waals surface area contributed by atoms with Crippen molar-refractivity contribution in [1.29, 1.82) is 0 Å². The normalized spacial score (nSPS) is 20.2. The standard InChI is InChI=1S/C20H24N2O4/c1-16-6-2-3-7-17(16)12-20(15-23)14-22(10-11-26-20)19(25)13-21-9-5-4-8-18(21)24/h2-9,23H,10-15H2,1H3. The quantitative estimate of drug-likeness (QED) is 0.867. The van der Waals surface area contributed by atoms with Gasteiger partial charge in [-0.3, -0.25) is 9.59 Å². The van der Waals surface area contributed by atoms with E-state index in [0.29, 0.717) is 26.1 Å². The van der Waals surface area contributed by atoms with Gasteiger partial charge in [0.2, 0.25) is 5.91 Å². The van der Waals surface area contributed by atoms with Crippen LogP contribution in [0, 0.1) is 6.92 Å². The molecule has 2 heterocycles. The summed E-state index contributed by atoms with van der Waals surface area (Å²) in [5, 5.41) is 10.0. The molecule has 1 aromatic heterocycles. The fourth-order valence-corrected chi connectivity index (χ4v) is 3.31. The lowest BCUT2D eigenvalue weighted by atomic mass is 9.91. The Morgan fingerprint density at radius 2 is 2.00 bits per heavy atom. The average molecular weight is 356 g/mol. The van der Waals surface area contributed by atoms with Gasteiger partial charge in [-0.25, -0.2) is 0 Å². The lowest BCUT2D eigenvalue weighted by Crippen LogP contribution is -2.57. The van der Waals surface area contributed by atoms with Gasteiger partial charge in [0, 0.05) is 25.2 Å². The van der Waals surface area contributed by atoms with Crippen LogP contribution in [0.25, 0.3) is 0 Å². The Morgan fingerprint density at radius 3 is 2.73 bits per heavy atom. The van der Waals surface area contributed by atoms with Crippen LogP contribution in [-0.4, -0.2) is 52.4 Å². The van der Waals surface area contributed by atoms with Crippen LogP contribution < -0.4 is 5.56 Å². The molecular weight excluding hydrogens is 332 g/mol. The van der Waals surface area contributed by atoms with E-state index in [0.717, 1.165) is 11.1 Å². The van der Waals surface area contributed by atoms with Gasteiger partial charge < -0.3 is 19.3 Å². The number of aryl methyl sites for hydroxylation is 1. The van der Waals surface area contributed by atoms with E-state index >= 15 is 0 Å². The number of hydrogen-bond acceptors (Lipinski definition) is 4. The zero-order chi connectivity index (χ0) is 18.6. The highest BCUT2D eigenvalue weighted by molar-refractivity contribution is 5.76. The van der Waals surface area contributed by atoms with Gasteiger partial charge >= 0.3 is 0 Å². The molecule has 6 nitrogen and oxygen atoms in total. The number of nitrogens with zero attached hydrogens (tertiary/aromatic N) is 2. The largest absolute Gasteiger partial charge is 0.393 e. The maximum atomic E-state index is 12.7. The molecule has 1 aliphatic rings. The number of aromatic nitrogens is 1. The van der Waals surface area contributed by atoms with E-state index in [9.17, 15) is 14.7 Å². The topological polar surface area (TPSA) is 71.8 Å². The minimum absolute atomic E-state index is 0.00839. The fraction of sp³-hybridized carbons (Fsp3) is 0.400. The Balaban J connectivity index is 1.74. The van der Waals surface area contributed by atoms with E-state index < -0.39 is 5.60 Å². The molecule has 6 heteroatoms. The van der Waals surface area contributed by atoms with E-state index in [1.165, 1.54) is 10.6 Å². The lowest BCUT2D eigenvalue weighted by molar-refractivity contribution is -0.158. The van der Waals surface area contributed by atoms with Crippen molar-refractivity contribution in [3.63, 3.8) is 0 Å². The molecule has 1 fully saturated rings. The summed E-state index contributed by atoms with van der Waals surface area (Å²) >= 11 is 0. The number of pyridine rings is 1. The summed E-state index contributed by atoms with van der Waals surface area (Å²) in [7, 11) is 0. The van der Waals surface area contributed by atoms with Crippen molar-refractivity contribution in [2.45, 2.75) is 25.5 Å². The molecule has 0 bridgehead atoms. The summed E-state index contributed by atoms with van der Waals surface area (Å²) in [6.45, 7) is 2.96. The first-order valence-electron chi connectivity index (χ1n) is 8.76.